The fourth-order valence-corrected chi connectivity index (χ4v) is 4.78. The molecule has 0 spiro atoms. The second-order valence-electron chi connectivity index (χ2n) is 9.42. The van der Waals surface area contributed by atoms with Crippen LogP contribution >= 0.6 is 0 Å². The number of hydrogen-bond donors (Lipinski definition) is 0. The van der Waals surface area contributed by atoms with Gasteiger partial charge in [0.2, 0.25) is 23.6 Å². The predicted octanol–water partition coefficient (Wildman–Crippen LogP) is 6.44. The van der Waals surface area contributed by atoms with E-state index in [-0.39, 0.29) is 12.1 Å². The molecule has 5 aromatic rings. The third-order valence-electron chi connectivity index (χ3n) is 6.81. The van der Waals surface area contributed by atoms with Gasteiger partial charge in [-0.3, -0.25) is 0 Å². The van der Waals surface area contributed by atoms with Gasteiger partial charge in [0.1, 0.15) is 25.3 Å². The van der Waals surface area contributed by atoms with Crippen molar-refractivity contribution < 1.29 is 13.9 Å². The smallest absolute Gasteiger partial charge is 0.248 e. The third-order valence-corrected chi connectivity index (χ3v) is 6.81. The first-order valence-corrected chi connectivity index (χ1v) is 12.9. The minimum absolute atomic E-state index is 0.0106. The molecule has 0 radical (unpaired) electrons. The summed E-state index contributed by atoms with van der Waals surface area (Å²) in [5.74, 6) is 2.08. The van der Waals surface area contributed by atoms with Gasteiger partial charge in [-0.1, -0.05) is 72.8 Å². The molecule has 0 saturated carbocycles. The first-order chi connectivity index (χ1) is 19.3. The van der Waals surface area contributed by atoms with Crippen LogP contribution in [0.2, 0.25) is 0 Å². The molecule has 0 N–H and O–H groups in total. The van der Waals surface area contributed by atoms with E-state index >= 15 is 0 Å². The maximum Gasteiger partial charge on any atom is 0.248 e. The van der Waals surface area contributed by atoms with E-state index in [0.29, 0.717) is 36.8 Å². The summed E-state index contributed by atoms with van der Waals surface area (Å²) in [6, 6.07) is 35.9. The van der Waals surface area contributed by atoms with Gasteiger partial charge in [-0.15, -0.1) is 10.2 Å². The Balaban J connectivity index is 1.12. The van der Waals surface area contributed by atoms with Crippen molar-refractivity contribution >= 4 is 11.8 Å². The van der Waals surface area contributed by atoms with Gasteiger partial charge in [-0.25, -0.2) is 9.98 Å². The van der Waals surface area contributed by atoms with Crippen LogP contribution in [0.1, 0.15) is 34.3 Å². The quantitative estimate of drug-likeness (QED) is 0.262. The Hall–Kier alpha value is -5.04. The van der Waals surface area contributed by atoms with Crippen molar-refractivity contribution in [3.8, 4) is 22.9 Å². The van der Waals surface area contributed by atoms with Crippen molar-refractivity contribution in [2.45, 2.75) is 12.1 Å². The number of rotatable bonds is 6. The van der Waals surface area contributed by atoms with Gasteiger partial charge < -0.3 is 13.9 Å². The molecule has 2 aliphatic heterocycles. The molecule has 0 aliphatic carbocycles. The third kappa shape index (κ3) is 4.70. The minimum atomic E-state index is -0.0106. The number of aromatic nitrogens is 2. The summed E-state index contributed by atoms with van der Waals surface area (Å²) < 4.78 is 17.9. The Kier molecular flexibility index (Phi) is 5.94. The second-order valence-corrected chi connectivity index (χ2v) is 9.42. The largest absolute Gasteiger partial charge is 0.475 e. The van der Waals surface area contributed by atoms with Gasteiger partial charge in [-0.2, -0.15) is 0 Å². The zero-order chi connectivity index (χ0) is 26.0. The van der Waals surface area contributed by atoms with Crippen LogP contribution in [0.25, 0.3) is 22.9 Å². The highest BCUT2D eigenvalue weighted by Crippen LogP contribution is 2.30. The number of hydrogen-bond acceptors (Lipinski definition) is 7. The number of benzene rings is 4. The van der Waals surface area contributed by atoms with E-state index in [1.807, 2.05) is 84.9 Å². The van der Waals surface area contributed by atoms with Crippen molar-refractivity contribution in [2.75, 3.05) is 13.2 Å². The zero-order valence-electron chi connectivity index (χ0n) is 21.0. The Morgan fingerprint density at radius 1 is 0.487 bits per heavy atom. The van der Waals surface area contributed by atoms with Gasteiger partial charge in [0.15, 0.2) is 0 Å². The standard InChI is InChI=1S/C32H24N4O3/c1-3-9-21(10-4-1)27-19-37-29(33-27)23-13-7-15-25(17-23)31-35-36-32(39-31)26-16-8-14-24(18-26)30-34-28(20-38-30)22-11-5-2-6-12-22/h1-18,27-28H,19-20H2. The number of ether oxygens (including phenoxy) is 2. The van der Waals surface area contributed by atoms with E-state index in [2.05, 4.69) is 34.5 Å². The summed E-state index contributed by atoms with van der Waals surface area (Å²) in [5, 5.41) is 8.63. The average molecular weight is 513 g/mol. The van der Waals surface area contributed by atoms with Crippen LogP contribution in [0.5, 0.6) is 0 Å². The Morgan fingerprint density at radius 3 is 1.38 bits per heavy atom. The van der Waals surface area contributed by atoms with E-state index < -0.39 is 0 Å². The predicted molar refractivity (Wildman–Crippen MR) is 149 cm³/mol. The molecular weight excluding hydrogens is 488 g/mol. The minimum Gasteiger partial charge on any atom is -0.475 e. The van der Waals surface area contributed by atoms with Gasteiger partial charge in [0.05, 0.1) is 0 Å². The first-order valence-electron chi connectivity index (χ1n) is 12.9. The van der Waals surface area contributed by atoms with Crippen LogP contribution < -0.4 is 0 Å². The van der Waals surface area contributed by atoms with Crippen LogP contribution in [0.15, 0.2) is 124 Å². The first kappa shape index (κ1) is 23.1. The summed E-state index contributed by atoms with van der Waals surface area (Å²) in [6.07, 6.45) is 0. The van der Waals surface area contributed by atoms with Crippen LogP contribution in [0.3, 0.4) is 0 Å². The van der Waals surface area contributed by atoms with Crippen molar-refractivity contribution in [1.82, 2.24) is 10.2 Å². The monoisotopic (exact) mass is 512 g/mol. The topological polar surface area (TPSA) is 82.1 Å². The van der Waals surface area contributed by atoms with E-state index in [0.717, 1.165) is 33.4 Å². The van der Waals surface area contributed by atoms with E-state index in [9.17, 15) is 0 Å². The molecule has 7 rings (SSSR count). The maximum absolute atomic E-state index is 6.09. The number of nitrogens with zero attached hydrogens (tertiary/aromatic N) is 4. The highest BCUT2D eigenvalue weighted by atomic mass is 16.5. The molecule has 2 atom stereocenters. The molecule has 0 amide bonds. The van der Waals surface area contributed by atoms with E-state index in [1.165, 1.54) is 0 Å². The van der Waals surface area contributed by atoms with Gasteiger partial charge in [0, 0.05) is 22.3 Å². The van der Waals surface area contributed by atoms with Gasteiger partial charge in [0.25, 0.3) is 0 Å². The molecule has 190 valence electrons. The highest BCUT2D eigenvalue weighted by Gasteiger charge is 2.24. The van der Waals surface area contributed by atoms with Crippen molar-refractivity contribution in [3.05, 3.63) is 131 Å². The Morgan fingerprint density at radius 2 is 0.923 bits per heavy atom. The van der Waals surface area contributed by atoms with E-state index in [4.69, 9.17) is 23.9 Å². The summed E-state index contributed by atoms with van der Waals surface area (Å²) in [7, 11) is 0. The molecule has 0 bridgehead atoms. The van der Waals surface area contributed by atoms with Gasteiger partial charge >= 0.3 is 0 Å². The Labute approximate surface area is 225 Å². The Bertz CT molecular complexity index is 1550. The van der Waals surface area contributed by atoms with Crippen LogP contribution in [0, 0.1) is 0 Å². The fourth-order valence-electron chi connectivity index (χ4n) is 4.78. The summed E-state index contributed by atoms with van der Waals surface area (Å²) >= 11 is 0. The molecule has 0 fully saturated rings. The lowest BCUT2D eigenvalue weighted by Gasteiger charge is -2.04. The molecule has 7 heteroatoms. The molecule has 1 aromatic heterocycles. The lowest BCUT2D eigenvalue weighted by atomic mass is 10.1. The lowest BCUT2D eigenvalue weighted by Crippen LogP contribution is -2.01. The van der Waals surface area contributed by atoms with Crippen LogP contribution in [-0.4, -0.2) is 35.2 Å². The zero-order valence-corrected chi connectivity index (χ0v) is 21.0. The molecule has 39 heavy (non-hydrogen) atoms. The lowest BCUT2D eigenvalue weighted by molar-refractivity contribution is 0.319. The second kappa shape index (κ2) is 10.0. The molecule has 3 heterocycles. The van der Waals surface area contributed by atoms with Crippen molar-refractivity contribution in [1.29, 1.82) is 0 Å². The summed E-state index contributed by atoms with van der Waals surface area (Å²) in [6.45, 7) is 1.04. The van der Waals surface area contributed by atoms with Gasteiger partial charge in [-0.05, 0) is 47.5 Å². The normalized spacial score (nSPS) is 18.3. The highest BCUT2D eigenvalue weighted by molar-refractivity contribution is 5.97. The van der Waals surface area contributed by atoms with Crippen LogP contribution in [-0.2, 0) is 9.47 Å². The SMILES string of the molecule is c1ccc(C2COC(c3cccc(-c4nnc(-c5cccc(C6=NC(c7ccccc7)CO6)c5)o4)c3)=N2)cc1. The molecule has 0 saturated heterocycles. The maximum atomic E-state index is 6.09. The molecular formula is C32H24N4O3. The van der Waals surface area contributed by atoms with E-state index in [1.54, 1.807) is 0 Å². The molecule has 4 aromatic carbocycles. The van der Waals surface area contributed by atoms with Crippen molar-refractivity contribution in [3.63, 3.8) is 0 Å². The number of aliphatic imine (C=N–C) groups is 2. The van der Waals surface area contributed by atoms with Crippen LogP contribution in [0.4, 0.5) is 0 Å². The van der Waals surface area contributed by atoms with Crippen molar-refractivity contribution in [2.24, 2.45) is 9.98 Å². The fraction of sp³-hybridized carbons (Fsp3) is 0.125. The molecule has 2 aliphatic rings. The molecule has 2 unspecified atom stereocenters. The summed E-state index contributed by atoms with van der Waals surface area (Å²) in [4.78, 5) is 9.59. The molecule has 7 nitrogen and oxygen atoms in total. The summed E-state index contributed by atoms with van der Waals surface area (Å²) in [5.41, 5.74) is 5.61. The average Bonchev–Trinajstić information content (AvgIpc) is 3.80.